The summed E-state index contributed by atoms with van der Waals surface area (Å²) in [4.78, 5) is 0. The summed E-state index contributed by atoms with van der Waals surface area (Å²) in [5.74, 6) is 6.05. The van der Waals surface area contributed by atoms with E-state index in [0.717, 1.165) is 89.8 Å². The zero-order valence-electron chi connectivity index (χ0n) is 34.6. The quantitative estimate of drug-likeness (QED) is 0.128. The average Bonchev–Trinajstić information content (AvgIpc) is 4.02. The van der Waals surface area contributed by atoms with Gasteiger partial charge >= 0.3 is 352 Å². The van der Waals surface area contributed by atoms with Crippen molar-refractivity contribution < 1.29 is 42.8 Å². The minimum absolute atomic E-state index is 0.321. The Balaban J connectivity index is 1.46. The first-order valence-corrected chi connectivity index (χ1v) is 34.7. The van der Waals surface area contributed by atoms with Gasteiger partial charge < -0.3 is 0 Å². The Hall–Kier alpha value is -4.20. The van der Waals surface area contributed by atoms with Crippen LogP contribution in [0.5, 0.6) is 23.0 Å². The molecule has 298 valence electrons. The van der Waals surface area contributed by atoms with Gasteiger partial charge in [-0.25, -0.2) is 0 Å². The van der Waals surface area contributed by atoms with Gasteiger partial charge in [0.2, 0.25) is 0 Å². The summed E-state index contributed by atoms with van der Waals surface area (Å²) < 4.78 is 35.5. The first-order chi connectivity index (χ1) is 27.7. The number of hydrogen-bond donors (Lipinski definition) is 0. The predicted molar refractivity (Wildman–Crippen MR) is 237 cm³/mol. The third kappa shape index (κ3) is 6.46. The van der Waals surface area contributed by atoms with E-state index in [1.54, 1.807) is 28.4 Å². The molecule has 0 bridgehead atoms. The molecule has 2 heterocycles. The normalized spacial score (nSPS) is 16.1. The van der Waals surface area contributed by atoms with Crippen LogP contribution < -0.4 is 18.9 Å². The second-order valence-corrected chi connectivity index (χ2v) is 54.5. The van der Waals surface area contributed by atoms with Crippen LogP contribution in [0.1, 0.15) is 63.7 Å². The van der Waals surface area contributed by atoms with Crippen molar-refractivity contribution >= 4 is 45.8 Å². The summed E-state index contributed by atoms with van der Waals surface area (Å²) in [6.45, 7) is 12.9. The number of fused-ring (bicyclic) bond motifs is 2. The van der Waals surface area contributed by atoms with Gasteiger partial charge in [0.15, 0.2) is 0 Å². The van der Waals surface area contributed by atoms with Crippen molar-refractivity contribution in [1.82, 2.24) is 0 Å². The molecule has 10 heteroatoms. The van der Waals surface area contributed by atoms with Crippen LogP contribution in [0.2, 0.25) is 13.1 Å². The Kier molecular flexibility index (Phi) is 10.6. The Labute approximate surface area is 349 Å². The second-order valence-electron chi connectivity index (χ2n) is 15.8. The van der Waals surface area contributed by atoms with Crippen LogP contribution in [0, 0.1) is 27.7 Å². The fourth-order valence-corrected chi connectivity index (χ4v) is 37.0. The Bertz CT molecular complexity index is 2560. The first kappa shape index (κ1) is 40.6. The van der Waals surface area contributed by atoms with Crippen LogP contribution in [-0.2, 0) is 15.0 Å². The van der Waals surface area contributed by atoms with Gasteiger partial charge in [0.25, 0.3) is 0 Å². The van der Waals surface area contributed by atoms with Crippen molar-refractivity contribution in [2.24, 2.45) is 0 Å². The monoisotopic (exact) mass is 908 g/mol. The number of benzene rings is 4. The van der Waals surface area contributed by atoms with Crippen molar-refractivity contribution in [3.63, 3.8) is 0 Å². The second kappa shape index (κ2) is 15.1. The fraction of sp³-hybridized carbons (Fsp3) is 0.250. The zero-order valence-corrected chi connectivity index (χ0v) is 39.6. The molecule has 0 amide bonds. The van der Waals surface area contributed by atoms with Crippen molar-refractivity contribution in [1.29, 1.82) is 0 Å². The van der Waals surface area contributed by atoms with Gasteiger partial charge in [-0.1, -0.05) is 0 Å². The van der Waals surface area contributed by atoms with E-state index in [2.05, 4.69) is 99.8 Å². The standard InChI is InChI=1S/2C23H21O3.C2H6Si.2ClH.Zr/c2*1-14-5-7-16-9-17(22-8-6-15(2)26-22)12-21(16)23(14)18-10-19(24-3)13-20(11-18)25-4;1-3-2;;;/h2*5-13H,1-4H3;1-2H3;2*1H;/q;;;;;+2/p-2. The predicted octanol–water partition coefficient (Wildman–Crippen LogP) is 13.6. The van der Waals surface area contributed by atoms with E-state index < -0.39 is 20.4 Å². The van der Waals surface area contributed by atoms with E-state index in [9.17, 15) is 0 Å². The third-order valence-electron chi connectivity index (χ3n) is 12.2. The molecule has 0 radical (unpaired) electrons. The number of halogens is 2. The van der Waals surface area contributed by atoms with Gasteiger partial charge in [0.1, 0.15) is 0 Å². The molecule has 2 aliphatic carbocycles. The minimum atomic E-state index is -5.50. The van der Waals surface area contributed by atoms with Crippen LogP contribution in [0.3, 0.4) is 0 Å². The molecule has 2 aliphatic rings. The molecule has 6 aromatic rings. The third-order valence-corrected chi connectivity index (χ3v) is 58.4. The SMILES string of the molecule is COc1cc(OC)cc(-c2c(C)ccc3c2C=C(c2ccc(C)o2)[CH]3[Zr]([Cl])([Cl])([CH]2C(c3ccc(C)o3)=Cc3c2ccc(C)c3-c2cc(OC)cc(OC)c2)=[Si](C)C)c1. The Morgan fingerprint density at radius 1 is 0.517 bits per heavy atom. The van der Waals surface area contributed by atoms with Gasteiger partial charge in [-0.05, 0) is 0 Å². The van der Waals surface area contributed by atoms with E-state index in [0.29, 0.717) is 23.0 Å². The molecule has 58 heavy (non-hydrogen) atoms. The number of ether oxygens (including phenoxy) is 4. The summed E-state index contributed by atoms with van der Waals surface area (Å²) in [5, 5.41) is 0. The molecule has 2 unspecified atom stereocenters. The van der Waals surface area contributed by atoms with Crippen LogP contribution in [0.4, 0.5) is 0 Å². The molecule has 0 N–H and O–H groups in total. The summed E-state index contributed by atoms with van der Waals surface area (Å²) >= 11 is -5.50. The number of allylic oxidation sites excluding steroid dienone is 2. The number of methoxy groups -OCH3 is 4. The van der Waals surface area contributed by atoms with Gasteiger partial charge in [-0.2, -0.15) is 0 Å². The molecular formula is C48H48Cl2O6SiZr. The molecular weight excluding hydrogens is 863 g/mol. The van der Waals surface area contributed by atoms with Gasteiger partial charge in [-0.15, -0.1) is 0 Å². The van der Waals surface area contributed by atoms with Crippen molar-refractivity contribution in [3.05, 3.63) is 141 Å². The van der Waals surface area contributed by atoms with E-state index in [1.165, 1.54) is 0 Å². The summed E-state index contributed by atoms with van der Waals surface area (Å²) in [6.07, 6.45) is 4.57. The van der Waals surface area contributed by atoms with E-state index >= 15 is 0 Å². The molecule has 0 fully saturated rings. The summed E-state index contributed by atoms with van der Waals surface area (Å²) in [7, 11) is 24.6. The molecule has 6 nitrogen and oxygen atoms in total. The molecule has 2 aromatic heterocycles. The summed E-state index contributed by atoms with van der Waals surface area (Å²) in [6, 6.07) is 29.1. The number of rotatable bonds is 10. The topological polar surface area (TPSA) is 63.2 Å². The van der Waals surface area contributed by atoms with Gasteiger partial charge in [-0.3, -0.25) is 0 Å². The Morgan fingerprint density at radius 3 is 1.17 bits per heavy atom. The molecule has 4 aromatic carbocycles. The average molecular weight is 911 g/mol. The van der Waals surface area contributed by atoms with Crippen LogP contribution in [0.25, 0.3) is 45.6 Å². The zero-order chi connectivity index (χ0) is 41.3. The molecule has 8 rings (SSSR count). The first-order valence-electron chi connectivity index (χ1n) is 19.4. The maximum atomic E-state index is 8.94. The molecule has 0 aliphatic heterocycles. The molecule has 2 atom stereocenters. The van der Waals surface area contributed by atoms with Crippen LogP contribution >= 0.6 is 17.0 Å². The summed E-state index contributed by atoms with van der Waals surface area (Å²) in [5.41, 5.74) is 11.3. The maximum absolute atomic E-state index is 8.94. The van der Waals surface area contributed by atoms with Gasteiger partial charge in [0.05, 0.1) is 0 Å². The van der Waals surface area contributed by atoms with Crippen molar-refractivity contribution in [3.8, 4) is 45.3 Å². The van der Waals surface area contributed by atoms with Crippen LogP contribution in [0.15, 0.2) is 93.8 Å². The van der Waals surface area contributed by atoms with Crippen LogP contribution in [-0.4, -0.2) is 33.9 Å². The van der Waals surface area contributed by atoms with Crippen molar-refractivity contribution in [2.45, 2.75) is 48.0 Å². The van der Waals surface area contributed by atoms with E-state index in [-0.39, 0.29) is 7.25 Å². The van der Waals surface area contributed by atoms with Crippen molar-refractivity contribution in [2.75, 3.05) is 28.4 Å². The van der Waals surface area contributed by atoms with Gasteiger partial charge in [0, 0.05) is 0 Å². The van der Waals surface area contributed by atoms with E-state index in [4.69, 9.17) is 44.8 Å². The molecule has 0 saturated carbocycles. The Morgan fingerprint density at radius 2 is 0.879 bits per heavy atom. The number of aryl methyl sites for hydroxylation is 4. The fourth-order valence-electron chi connectivity index (χ4n) is 9.28. The molecule has 0 spiro atoms. The number of hydrogen-bond acceptors (Lipinski definition) is 6. The number of furan rings is 2. The molecule has 0 saturated heterocycles. The van der Waals surface area contributed by atoms with E-state index in [1.807, 2.05) is 38.1 Å².